The number of H-pyrrole nitrogens is 1. The van der Waals surface area contributed by atoms with Gasteiger partial charge in [0.15, 0.2) is 5.76 Å². The van der Waals surface area contributed by atoms with E-state index in [1.54, 1.807) is 18.3 Å². The van der Waals surface area contributed by atoms with Crippen molar-refractivity contribution in [1.29, 1.82) is 0 Å². The molecule has 0 saturated carbocycles. The molecule has 10 heteroatoms. The fourth-order valence-electron chi connectivity index (χ4n) is 4.55. The smallest absolute Gasteiger partial charge is 0.276 e. The van der Waals surface area contributed by atoms with Crippen LogP contribution in [-0.4, -0.2) is 73.0 Å². The molecule has 2 fully saturated rings. The Morgan fingerprint density at radius 2 is 1.67 bits per heavy atom. The molecule has 0 unspecified atom stereocenters. The van der Waals surface area contributed by atoms with Gasteiger partial charge >= 0.3 is 0 Å². The number of piperidine rings is 1. The van der Waals surface area contributed by atoms with Crippen molar-refractivity contribution in [2.45, 2.75) is 17.9 Å². The van der Waals surface area contributed by atoms with E-state index in [-0.39, 0.29) is 16.9 Å². The van der Waals surface area contributed by atoms with Crippen molar-refractivity contribution in [1.82, 2.24) is 19.4 Å². The first-order valence-electron chi connectivity index (χ1n) is 11.2. The van der Waals surface area contributed by atoms with Gasteiger partial charge in [-0.1, -0.05) is 18.2 Å². The van der Waals surface area contributed by atoms with Crippen LogP contribution in [0.2, 0.25) is 0 Å². The summed E-state index contributed by atoms with van der Waals surface area (Å²) in [5.74, 6) is 0.418. The van der Waals surface area contributed by atoms with Gasteiger partial charge in [0, 0.05) is 57.1 Å². The van der Waals surface area contributed by atoms with Crippen molar-refractivity contribution in [2.24, 2.45) is 5.92 Å². The predicted molar refractivity (Wildman–Crippen MR) is 123 cm³/mol. The van der Waals surface area contributed by atoms with Gasteiger partial charge in [0.05, 0.1) is 0 Å². The first kappa shape index (κ1) is 21.7. The van der Waals surface area contributed by atoms with Crippen LogP contribution in [0, 0.1) is 5.92 Å². The number of para-hydroxylation sites is 1. The number of piperazine rings is 1. The molecule has 1 N–H and O–H groups in total. The Labute approximate surface area is 193 Å². The maximum Gasteiger partial charge on any atom is 0.276 e. The zero-order chi connectivity index (χ0) is 22.8. The van der Waals surface area contributed by atoms with Crippen LogP contribution >= 0.6 is 0 Å². The molecule has 0 atom stereocenters. The van der Waals surface area contributed by atoms with Crippen LogP contribution in [0.5, 0.6) is 0 Å². The van der Waals surface area contributed by atoms with Crippen LogP contribution < -0.4 is 4.90 Å². The Morgan fingerprint density at radius 1 is 0.939 bits per heavy atom. The predicted octanol–water partition coefficient (Wildman–Crippen LogP) is 2.42. The second-order valence-corrected chi connectivity index (χ2v) is 10.3. The number of sulfonamides is 1. The third-order valence-electron chi connectivity index (χ3n) is 6.46. The Bertz CT molecular complexity index is 1180. The number of anilines is 1. The third-order valence-corrected chi connectivity index (χ3v) is 8.23. The molecule has 2 saturated heterocycles. The third kappa shape index (κ3) is 4.40. The van der Waals surface area contributed by atoms with Crippen LogP contribution in [0.15, 0.2) is 64.2 Å². The van der Waals surface area contributed by atoms with Crippen molar-refractivity contribution >= 4 is 21.6 Å². The van der Waals surface area contributed by atoms with Crippen molar-refractivity contribution in [3.05, 3.63) is 54.7 Å². The number of hydrogen-bond acceptors (Lipinski definition) is 6. The lowest BCUT2D eigenvalue weighted by Gasteiger charge is -2.39. The van der Waals surface area contributed by atoms with Crippen LogP contribution in [0.25, 0.3) is 11.5 Å². The quantitative estimate of drug-likeness (QED) is 0.616. The average molecular weight is 470 g/mol. The number of nitrogens with one attached hydrogen (secondary N) is 1. The number of nitrogens with zero attached hydrogens (tertiary/aromatic N) is 4. The molecular formula is C23H27N5O4S. The van der Waals surface area contributed by atoms with Gasteiger partial charge in [0.1, 0.15) is 5.69 Å². The molecule has 3 aromatic rings. The van der Waals surface area contributed by atoms with Gasteiger partial charge in [-0.05, 0) is 43.2 Å². The summed E-state index contributed by atoms with van der Waals surface area (Å²) >= 11 is 0. The molecule has 0 bridgehead atoms. The topological polar surface area (TPSA) is 103 Å². The number of rotatable bonds is 5. The number of amides is 1. The van der Waals surface area contributed by atoms with Gasteiger partial charge in [-0.15, -0.1) is 0 Å². The van der Waals surface area contributed by atoms with Gasteiger partial charge in [-0.3, -0.25) is 9.89 Å². The first-order chi connectivity index (χ1) is 16.0. The standard InChI is InChI=1S/C23H27N5O4S/c29-23(27-16-14-26(15-17-27)19-4-2-1-3-5-19)18-9-12-28(13-10-18)33(30,31)22-7-6-21(32-22)20-8-11-24-25-20/h1-8,11,18H,9-10,12-17H2,(H,24,25). The molecule has 0 aliphatic carbocycles. The Morgan fingerprint density at radius 3 is 2.33 bits per heavy atom. The normalized spacial score (nSPS) is 18.5. The summed E-state index contributed by atoms with van der Waals surface area (Å²) in [5, 5.41) is 6.53. The minimum Gasteiger partial charge on any atom is -0.442 e. The molecule has 174 valence electrons. The molecule has 2 aliphatic heterocycles. The second kappa shape index (κ2) is 9.03. The van der Waals surface area contributed by atoms with E-state index in [0.29, 0.717) is 50.5 Å². The minimum absolute atomic E-state index is 0.0890. The van der Waals surface area contributed by atoms with E-state index in [1.165, 1.54) is 16.1 Å². The molecule has 1 amide bonds. The summed E-state index contributed by atoms with van der Waals surface area (Å²) < 4.78 is 33.0. The monoisotopic (exact) mass is 469 g/mol. The van der Waals surface area contributed by atoms with E-state index < -0.39 is 10.0 Å². The number of furan rings is 1. The molecule has 1 aromatic carbocycles. The number of aromatic nitrogens is 2. The zero-order valence-electron chi connectivity index (χ0n) is 18.3. The van der Waals surface area contributed by atoms with Crippen LogP contribution in [-0.2, 0) is 14.8 Å². The van der Waals surface area contributed by atoms with Gasteiger partial charge in [-0.2, -0.15) is 9.40 Å². The zero-order valence-corrected chi connectivity index (χ0v) is 19.1. The van der Waals surface area contributed by atoms with Crippen molar-refractivity contribution in [3.8, 4) is 11.5 Å². The van der Waals surface area contributed by atoms with Gasteiger partial charge in [0.2, 0.25) is 11.0 Å². The molecule has 2 aromatic heterocycles. The summed E-state index contributed by atoms with van der Waals surface area (Å²) in [7, 11) is -3.74. The summed E-state index contributed by atoms with van der Waals surface area (Å²) in [6.07, 6.45) is 2.62. The van der Waals surface area contributed by atoms with Gasteiger partial charge < -0.3 is 14.2 Å². The summed E-state index contributed by atoms with van der Waals surface area (Å²) in [6, 6.07) is 15.0. The highest BCUT2D eigenvalue weighted by atomic mass is 32.2. The van der Waals surface area contributed by atoms with Crippen molar-refractivity contribution in [3.63, 3.8) is 0 Å². The Balaban J connectivity index is 1.16. The fraction of sp³-hybridized carbons (Fsp3) is 0.391. The average Bonchev–Trinajstić information content (AvgIpc) is 3.57. The number of carbonyl (C=O) groups excluding carboxylic acids is 1. The Kier molecular flexibility index (Phi) is 5.94. The maximum absolute atomic E-state index is 13.1. The molecule has 4 heterocycles. The van der Waals surface area contributed by atoms with E-state index in [2.05, 4.69) is 27.2 Å². The summed E-state index contributed by atoms with van der Waals surface area (Å²) in [5.41, 5.74) is 1.80. The van der Waals surface area contributed by atoms with E-state index in [0.717, 1.165) is 13.1 Å². The highest BCUT2D eigenvalue weighted by molar-refractivity contribution is 7.89. The van der Waals surface area contributed by atoms with Gasteiger partial charge in [-0.25, -0.2) is 8.42 Å². The fourth-order valence-corrected chi connectivity index (χ4v) is 5.93. The van der Waals surface area contributed by atoms with Crippen LogP contribution in [0.4, 0.5) is 5.69 Å². The molecule has 9 nitrogen and oxygen atoms in total. The SMILES string of the molecule is O=C(C1CCN(S(=O)(=O)c2ccc(-c3ccn[nH]3)o2)CC1)N1CCN(c2ccccc2)CC1. The van der Waals surface area contributed by atoms with E-state index >= 15 is 0 Å². The Hall–Kier alpha value is -3.11. The van der Waals surface area contributed by atoms with E-state index in [4.69, 9.17) is 4.42 Å². The minimum atomic E-state index is -3.74. The second-order valence-electron chi connectivity index (χ2n) is 8.42. The largest absolute Gasteiger partial charge is 0.442 e. The molecule has 5 rings (SSSR count). The van der Waals surface area contributed by atoms with E-state index in [9.17, 15) is 13.2 Å². The van der Waals surface area contributed by atoms with Crippen LogP contribution in [0.1, 0.15) is 12.8 Å². The van der Waals surface area contributed by atoms with E-state index in [1.807, 2.05) is 23.1 Å². The van der Waals surface area contributed by atoms with Gasteiger partial charge in [0.25, 0.3) is 10.0 Å². The number of benzene rings is 1. The first-order valence-corrected chi connectivity index (χ1v) is 12.6. The van der Waals surface area contributed by atoms with Crippen LogP contribution in [0.3, 0.4) is 0 Å². The molecule has 0 radical (unpaired) electrons. The number of carbonyl (C=O) groups is 1. The lowest BCUT2D eigenvalue weighted by atomic mass is 9.96. The maximum atomic E-state index is 13.1. The lowest BCUT2D eigenvalue weighted by molar-refractivity contribution is -0.137. The number of hydrogen-bond donors (Lipinski definition) is 1. The molecule has 0 spiro atoms. The highest BCUT2D eigenvalue weighted by Gasteiger charge is 2.36. The van der Waals surface area contributed by atoms with Crippen molar-refractivity contribution in [2.75, 3.05) is 44.2 Å². The molecule has 2 aliphatic rings. The molecule has 33 heavy (non-hydrogen) atoms. The summed E-state index contributed by atoms with van der Waals surface area (Å²) in [6.45, 7) is 3.61. The van der Waals surface area contributed by atoms with Crippen molar-refractivity contribution < 1.29 is 17.6 Å². The summed E-state index contributed by atoms with van der Waals surface area (Å²) in [4.78, 5) is 17.3. The number of aromatic amines is 1. The molecular weight excluding hydrogens is 442 g/mol. The highest BCUT2D eigenvalue weighted by Crippen LogP contribution is 2.29. The lowest BCUT2D eigenvalue weighted by Crippen LogP contribution is -2.52.